The van der Waals surface area contributed by atoms with Gasteiger partial charge in [-0.2, -0.15) is 0 Å². The largest absolute Gasteiger partial charge is 0.424 e. The first kappa shape index (κ1) is 19.0. The highest BCUT2D eigenvalue weighted by molar-refractivity contribution is 5.95. The fourth-order valence-corrected chi connectivity index (χ4v) is 3.42. The Morgan fingerprint density at radius 3 is 2.69 bits per heavy atom. The van der Waals surface area contributed by atoms with Crippen molar-refractivity contribution in [3.63, 3.8) is 0 Å². The first-order chi connectivity index (χ1) is 14.1. The van der Waals surface area contributed by atoms with Crippen LogP contribution >= 0.6 is 0 Å². The smallest absolute Gasteiger partial charge is 0.251 e. The van der Waals surface area contributed by atoms with Crippen LogP contribution in [0.5, 0.6) is 0 Å². The van der Waals surface area contributed by atoms with Crippen molar-refractivity contribution in [1.29, 1.82) is 0 Å². The Morgan fingerprint density at radius 1 is 1.10 bits per heavy atom. The number of amides is 1. The van der Waals surface area contributed by atoms with Crippen LogP contribution in [-0.2, 0) is 6.54 Å². The van der Waals surface area contributed by atoms with Crippen LogP contribution in [-0.4, -0.2) is 39.2 Å². The van der Waals surface area contributed by atoms with Gasteiger partial charge in [0.2, 0.25) is 17.7 Å². The maximum absolute atomic E-state index is 12.5. The summed E-state index contributed by atoms with van der Waals surface area (Å²) in [6.07, 6.45) is 3.60. The van der Waals surface area contributed by atoms with Crippen molar-refractivity contribution in [3.05, 3.63) is 53.4 Å². The summed E-state index contributed by atoms with van der Waals surface area (Å²) >= 11 is 0. The maximum Gasteiger partial charge on any atom is 0.251 e. The number of benzene rings is 1. The molecule has 1 amide bonds. The van der Waals surface area contributed by atoms with Crippen molar-refractivity contribution in [2.45, 2.75) is 39.7 Å². The van der Waals surface area contributed by atoms with Crippen molar-refractivity contribution in [2.75, 3.05) is 18.0 Å². The highest BCUT2D eigenvalue weighted by atomic mass is 16.4. The summed E-state index contributed by atoms with van der Waals surface area (Å²) in [4.78, 5) is 24.2. The van der Waals surface area contributed by atoms with Crippen molar-refractivity contribution in [2.24, 2.45) is 0 Å². The van der Waals surface area contributed by atoms with E-state index in [-0.39, 0.29) is 12.5 Å². The lowest BCUT2D eigenvalue weighted by Crippen LogP contribution is -2.31. The van der Waals surface area contributed by atoms with Crippen molar-refractivity contribution in [1.82, 2.24) is 25.5 Å². The monoisotopic (exact) mass is 392 g/mol. The molecule has 0 radical (unpaired) electrons. The van der Waals surface area contributed by atoms with Crippen LogP contribution in [0.2, 0.25) is 0 Å². The molecule has 0 unspecified atom stereocenters. The van der Waals surface area contributed by atoms with Crippen LogP contribution in [0.4, 0.5) is 5.95 Å². The average Bonchev–Trinajstić information content (AvgIpc) is 3.17. The molecule has 1 aromatic carbocycles. The summed E-state index contributed by atoms with van der Waals surface area (Å²) in [5.41, 5.74) is 3.17. The Hall–Kier alpha value is -3.29. The summed E-state index contributed by atoms with van der Waals surface area (Å²) in [6.45, 7) is 5.85. The molecule has 1 saturated heterocycles. The van der Waals surface area contributed by atoms with Gasteiger partial charge >= 0.3 is 0 Å². The van der Waals surface area contributed by atoms with E-state index in [0.717, 1.165) is 36.0 Å². The number of hydrogen-bond donors (Lipinski definition) is 1. The average molecular weight is 392 g/mol. The van der Waals surface area contributed by atoms with E-state index in [1.54, 1.807) is 13.0 Å². The number of hydrogen-bond acceptors (Lipinski definition) is 7. The topological polar surface area (TPSA) is 97.0 Å². The van der Waals surface area contributed by atoms with Gasteiger partial charge in [0.15, 0.2) is 0 Å². The number of rotatable bonds is 5. The SMILES string of the molecule is Cc1cc(-c2cccc(C(=O)NCc3nnc(C)o3)c2)nc(N2CCCCC2)n1. The Bertz CT molecular complexity index is 1010. The van der Waals surface area contributed by atoms with E-state index in [1.807, 2.05) is 31.2 Å². The molecule has 8 nitrogen and oxygen atoms in total. The molecule has 3 aromatic rings. The van der Waals surface area contributed by atoms with E-state index in [1.165, 1.54) is 19.3 Å². The Kier molecular flexibility index (Phi) is 5.50. The van der Waals surface area contributed by atoms with Crippen molar-refractivity contribution < 1.29 is 9.21 Å². The first-order valence-corrected chi connectivity index (χ1v) is 9.87. The van der Waals surface area contributed by atoms with Gasteiger partial charge in [0.25, 0.3) is 5.91 Å². The van der Waals surface area contributed by atoms with Crippen LogP contribution in [0, 0.1) is 13.8 Å². The zero-order chi connectivity index (χ0) is 20.2. The molecule has 4 rings (SSSR count). The molecule has 8 heteroatoms. The van der Waals surface area contributed by atoms with Gasteiger partial charge in [-0.25, -0.2) is 9.97 Å². The van der Waals surface area contributed by atoms with Gasteiger partial charge in [-0.3, -0.25) is 4.79 Å². The van der Waals surface area contributed by atoms with Gasteiger partial charge in [-0.15, -0.1) is 10.2 Å². The molecular formula is C21H24N6O2. The lowest BCUT2D eigenvalue weighted by atomic mass is 10.1. The molecule has 0 aliphatic carbocycles. The third-order valence-corrected chi connectivity index (χ3v) is 4.87. The summed E-state index contributed by atoms with van der Waals surface area (Å²) in [6, 6.07) is 9.39. The van der Waals surface area contributed by atoms with Crippen LogP contribution < -0.4 is 10.2 Å². The zero-order valence-electron chi connectivity index (χ0n) is 16.7. The van der Waals surface area contributed by atoms with E-state index < -0.39 is 0 Å². The molecular weight excluding hydrogens is 368 g/mol. The van der Waals surface area contributed by atoms with Gasteiger partial charge in [0.05, 0.1) is 12.2 Å². The summed E-state index contributed by atoms with van der Waals surface area (Å²) in [7, 11) is 0. The highest BCUT2D eigenvalue weighted by Gasteiger charge is 2.16. The number of piperidine rings is 1. The molecule has 29 heavy (non-hydrogen) atoms. The van der Waals surface area contributed by atoms with Crippen molar-refractivity contribution in [3.8, 4) is 11.3 Å². The molecule has 3 heterocycles. The van der Waals surface area contributed by atoms with E-state index in [4.69, 9.17) is 9.40 Å². The van der Waals surface area contributed by atoms with Crippen LogP contribution in [0.25, 0.3) is 11.3 Å². The van der Waals surface area contributed by atoms with Crippen LogP contribution in [0.15, 0.2) is 34.7 Å². The molecule has 1 N–H and O–H groups in total. The number of nitrogens with one attached hydrogen (secondary N) is 1. The highest BCUT2D eigenvalue weighted by Crippen LogP contribution is 2.23. The second kappa shape index (κ2) is 8.38. The number of nitrogens with zero attached hydrogens (tertiary/aromatic N) is 5. The van der Waals surface area contributed by atoms with Gasteiger partial charge in [-0.1, -0.05) is 12.1 Å². The van der Waals surface area contributed by atoms with E-state index in [0.29, 0.717) is 17.3 Å². The molecule has 0 spiro atoms. The standard InChI is InChI=1S/C21H24N6O2/c1-14-11-18(24-21(23-14)27-9-4-3-5-10-27)16-7-6-8-17(12-16)20(28)22-13-19-26-25-15(2)29-19/h6-8,11-12H,3-5,9-10,13H2,1-2H3,(H,22,28). The fourth-order valence-electron chi connectivity index (χ4n) is 3.42. The molecule has 0 atom stereocenters. The summed E-state index contributed by atoms with van der Waals surface area (Å²) in [5, 5.41) is 10.5. The Labute approximate surface area is 169 Å². The summed E-state index contributed by atoms with van der Waals surface area (Å²) < 4.78 is 5.29. The Morgan fingerprint density at radius 2 is 1.93 bits per heavy atom. The minimum Gasteiger partial charge on any atom is -0.424 e. The molecule has 1 fully saturated rings. The lowest BCUT2D eigenvalue weighted by Gasteiger charge is -2.27. The second-order valence-corrected chi connectivity index (χ2v) is 7.22. The number of aromatic nitrogens is 4. The summed E-state index contributed by atoms with van der Waals surface area (Å²) in [5.74, 6) is 1.41. The normalized spacial score (nSPS) is 14.1. The number of carbonyl (C=O) groups excluding carboxylic acids is 1. The van der Waals surface area contributed by atoms with E-state index in [2.05, 4.69) is 25.4 Å². The molecule has 1 aliphatic rings. The quantitative estimate of drug-likeness (QED) is 0.713. The van der Waals surface area contributed by atoms with E-state index in [9.17, 15) is 4.79 Å². The predicted molar refractivity (Wildman–Crippen MR) is 108 cm³/mol. The van der Waals surface area contributed by atoms with Crippen LogP contribution in [0.1, 0.15) is 47.1 Å². The van der Waals surface area contributed by atoms with Crippen molar-refractivity contribution >= 4 is 11.9 Å². The minimum absolute atomic E-state index is 0.190. The van der Waals surface area contributed by atoms with Gasteiger partial charge in [-0.05, 0) is 44.4 Å². The second-order valence-electron chi connectivity index (χ2n) is 7.22. The molecule has 2 aromatic heterocycles. The fraction of sp³-hybridized carbons (Fsp3) is 0.381. The van der Waals surface area contributed by atoms with E-state index >= 15 is 0 Å². The molecule has 0 bridgehead atoms. The number of aryl methyl sites for hydroxylation is 2. The van der Waals surface area contributed by atoms with Gasteiger partial charge < -0.3 is 14.6 Å². The third-order valence-electron chi connectivity index (χ3n) is 4.87. The molecule has 1 aliphatic heterocycles. The number of carbonyl (C=O) groups is 1. The predicted octanol–water partition coefficient (Wildman–Crippen LogP) is 3.06. The molecule has 150 valence electrons. The first-order valence-electron chi connectivity index (χ1n) is 9.87. The van der Waals surface area contributed by atoms with Gasteiger partial charge in [0.1, 0.15) is 0 Å². The van der Waals surface area contributed by atoms with Gasteiger partial charge in [0, 0.05) is 36.8 Å². The Balaban J connectivity index is 1.53. The lowest BCUT2D eigenvalue weighted by molar-refractivity contribution is 0.0947. The third kappa shape index (κ3) is 4.59. The zero-order valence-corrected chi connectivity index (χ0v) is 16.7. The number of anilines is 1. The minimum atomic E-state index is -0.204. The van der Waals surface area contributed by atoms with Crippen LogP contribution in [0.3, 0.4) is 0 Å². The maximum atomic E-state index is 12.5. The molecule has 0 saturated carbocycles.